The maximum absolute atomic E-state index is 13.4. The predicted octanol–water partition coefficient (Wildman–Crippen LogP) is 3.39. The van der Waals surface area contributed by atoms with E-state index in [2.05, 4.69) is 10.6 Å². The van der Waals surface area contributed by atoms with Crippen molar-refractivity contribution in [1.82, 2.24) is 5.32 Å². The maximum atomic E-state index is 13.4. The Kier molecular flexibility index (Phi) is 5.35. The Hall–Kier alpha value is -2.11. The molecule has 114 valence electrons. The molecule has 0 aliphatic rings. The topological polar surface area (TPSA) is 58.2 Å². The zero-order chi connectivity index (χ0) is 16.1. The van der Waals surface area contributed by atoms with Gasteiger partial charge in [-0.2, -0.15) is 0 Å². The molecule has 2 rings (SSSR count). The fraction of sp³-hybridized carbons (Fsp3) is 0.0667. The number of rotatable bonds is 3. The largest absolute Gasteiger partial charge is 0.344 e. The first-order chi connectivity index (χ1) is 10.5. The van der Waals surface area contributed by atoms with Gasteiger partial charge in [-0.15, -0.1) is 0 Å². The Balaban J connectivity index is 1.98. The van der Waals surface area contributed by atoms with Gasteiger partial charge in [-0.3, -0.25) is 9.59 Å². The van der Waals surface area contributed by atoms with Crippen LogP contribution in [0.15, 0.2) is 42.5 Å². The Morgan fingerprint density at radius 2 is 1.59 bits per heavy atom. The Morgan fingerprint density at radius 1 is 0.955 bits per heavy atom. The van der Waals surface area contributed by atoms with E-state index in [0.717, 1.165) is 0 Å². The average molecular weight is 341 g/mol. The van der Waals surface area contributed by atoms with Gasteiger partial charge in [0.1, 0.15) is 5.82 Å². The van der Waals surface area contributed by atoms with Gasteiger partial charge in [0.05, 0.1) is 15.7 Å². The lowest BCUT2D eigenvalue weighted by molar-refractivity contribution is -0.136. The molecular formula is C15H11Cl2FN2O2. The van der Waals surface area contributed by atoms with Gasteiger partial charge in [-0.05, 0) is 18.2 Å². The van der Waals surface area contributed by atoms with E-state index in [1.54, 1.807) is 12.1 Å². The second-order valence-corrected chi connectivity index (χ2v) is 5.14. The molecular weight excluding hydrogens is 330 g/mol. The van der Waals surface area contributed by atoms with Crippen molar-refractivity contribution in [2.75, 3.05) is 5.32 Å². The maximum Gasteiger partial charge on any atom is 0.313 e. The molecule has 0 aliphatic heterocycles. The van der Waals surface area contributed by atoms with E-state index in [1.165, 1.54) is 30.3 Å². The molecule has 0 radical (unpaired) electrons. The van der Waals surface area contributed by atoms with Crippen LogP contribution in [0.4, 0.5) is 10.1 Å². The van der Waals surface area contributed by atoms with Crippen LogP contribution in [0, 0.1) is 5.82 Å². The fourth-order valence-corrected chi connectivity index (χ4v) is 2.18. The van der Waals surface area contributed by atoms with E-state index in [9.17, 15) is 14.0 Å². The third kappa shape index (κ3) is 3.96. The molecule has 2 aromatic carbocycles. The second-order valence-electron chi connectivity index (χ2n) is 4.32. The third-order valence-electron chi connectivity index (χ3n) is 2.80. The highest BCUT2D eigenvalue weighted by Gasteiger charge is 2.17. The van der Waals surface area contributed by atoms with Crippen molar-refractivity contribution >= 4 is 40.7 Å². The lowest BCUT2D eigenvalue weighted by atomic mass is 10.2. The Labute approximate surface area is 136 Å². The first kappa shape index (κ1) is 16.3. The SMILES string of the molecule is O=C(NCc1ccccc1F)C(=O)Nc1c(Cl)cccc1Cl. The van der Waals surface area contributed by atoms with E-state index < -0.39 is 17.6 Å². The fourth-order valence-electron chi connectivity index (χ4n) is 1.69. The lowest BCUT2D eigenvalue weighted by Gasteiger charge is -2.09. The zero-order valence-electron chi connectivity index (χ0n) is 11.2. The van der Waals surface area contributed by atoms with Crippen molar-refractivity contribution in [3.63, 3.8) is 0 Å². The summed E-state index contributed by atoms with van der Waals surface area (Å²) >= 11 is 11.8. The van der Waals surface area contributed by atoms with E-state index in [1.807, 2.05) is 0 Å². The van der Waals surface area contributed by atoms with E-state index in [-0.39, 0.29) is 27.8 Å². The standard InChI is InChI=1S/C15H11Cl2FN2O2/c16-10-5-3-6-11(17)13(10)20-15(22)14(21)19-8-9-4-1-2-7-12(9)18/h1-7H,8H2,(H,19,21)(H,20,22). The normalized spacial score (nSPS) is 10.1. The van der Waals surface area contributed by atoms with Gasteiger partial charge in [0.2, 0.25) is 0 Å². The first-order valence-electron chi connectivity index (χ1n) is 6.25. The number of amides is 2. The van der Waals surface area contributed by atoms with Crippen LogP contribution in [0.1, 0.15) is 5.56 Å². The molecule has 22 heavy (non-hydrogen) atoms. The lowest BCUT2D eigenvalue weighted by Crippen LogP contribution is -2.35. The molecule has 4 nitrogen and oxygen atoms in total. The number of carbonyl (C=O) groups is 2. The monoisotopic (exact) mass is 340 g/mol. The summed E-state index contributed by atoms with van der Waals surface area (Å²) in [6.07, 6.45) is 0. The first-order valence-corrected chi connectivity index (χ1v) is 7.01. The minimum absolute atomic E-state index is 0.102. The van der Waals surface area contributed by atoms with Crippen molar-refractivity contribution in [3.8, 4) is 0 Å². The molecule has 7 heteroatoms. The summed E-state index contributed by atoms with van der Waals surface area (Å²) in [5, 5.41) is 5.06. The minimum atomic E-state index is -0.939. The van der Waals surface area contributed by atoms with Gasteiger partial charge in [-0.1, -0.05) is 47.5 Å². The molecule has 0 fully saturated rings. The van der Waals surface area contributed by atoms with Crippen molar-refractivity contribution in [2.24, 2.45) is 0 Å². The summed E-state index contributed by atoms with van der Waals surface area (Å²) in [5.74, 6) is -2.32. The van der Waals surface area contributed by atoms with Crippen molar-refractivity contribution in [2.45, 2.75) is 6.54 Å². The summed E-state index contributed by atoms with van der Waals surface area (Å²) < 4.78 is 13.4. The molecule has 2 N–H and O–H groups in total. The summed E-state index contributed by atoms with van der Waals surface area (Å²) in [6, 6.07) is 10.6. The molecule has 0 spiro atoms. The van der Waals surface area contributed by atoms with Crippen LogP contribution in [-0.4, -0.2) is 11.8 Å². The highest BCUT2D eigenvalue weighted by Crippen LogP contribution is 2.29. The van der Waals surface area contributed by atoms with Gasteiger partial charge in [-0.25, -0.2) is 4.39 Å². The number of benzene rings is 2. The van der Waals surface area contributed by atoms with Gasteiger partial charge in [0.15, 0.2) is 0 Å². The molecule has 0 bridgehead atoms. The number of hydrogen-bond acceptors (Lipinski definition) is 2. The third-order valence-corrected chi connectivity index (χ3v) is 3.43. The minimum Gasteiger partial charge on any atom is -0.344 e. The van der Waals surface area contributed by atoms with Gasteiger partial charge < -0.3 is 10.6 Å². The highest BCUT2D eigenvalue weighted by molar-refractivity contribution is 6.44. The van der Waals surface area contributed by atoms with Crippen LogP contribution < -0.4 is 10.6 Å². The molecule has 0 saturated heterocycles. The number of carbonyl (C=O) groups excluding carboxylic acids is 2. The van der Waals surface area contributed by atoms with E-state index >= 15 is 0 Å². The van der Waals surface area contributed by atoms with Crippen LogP contribution in [0.5, 0.6) is 0 Å². The molecule has 2 aromatic rings. The van der Waals surface area contributed by atoms with Crippen molar-refractivity contribution in [1.29, 1.82) is 0 Å². The molecule has 0 aromatic heterocycles. The summed E-state index contributed by atoms with van der Waals surface area (Å²) in [5.41, 5.74) is 0.427. The van der Waals surface area contributed by atoms with Crippen LogP contribution in [0.2, 0.25) is 10.0 Å². The molecule has 0 saturated carbocycles. The van der Waals surface area contributed by atoms with Gasteiger partial charge in [0, 0.05) is 12.1 Å². The number of halogens is 3. The van der Waals surface area contributed by atoms with Crippen molar-refractivity contribution in [3.05, 3.63) is 63.9 Å². The number of hydrogen-bond donors (Lipinski definition) is 2. The smallest absolute Gasteiger partial charge is 0.313 e. The molecule has 0 atom stereocenters. The second kappa shape index (κ2) is 7.24. The molecule has 0 heterocycles. The van der Waals surface area contributed by atoms with Gasteiger partial charge in [0.25, 0.3) is 0 Å². The van der Waals surface area contributed by atoms with E-state index in [4.69, 9.17) is 23.2 Å². The predicted molar refractivity (Wildman–Crippen MR) is 83.3 cm³/mol. The summed E-state index contributed by atoms with van der Waals surface area (Å²) in [7, 11) is 0. The zero-order valence-corrected chi connectivity index (χ0v) is 12.7. The van der Waals surface area contributed by atoms with Crippen LogP contribution in [0.3, 0.4) is 0 Å². The Bertz CT molecular complexity index is 702. The van der Waals surface area contributed by atoms with E-state index in [0.29, 0.717) is 0 Å². The summed E-state index contributed by atoms with van der Waals surface area (Å²) in [6.45, 7) is -0.102. The van der Waals surface area contributed by atoms with Crippen molar-refractivity contribution < 1.29 is 14.0 Å². The molecule has 2 amide bonds. The molecule has 0 aliphatic carbocycles. The highest BCUT2D eigenvalue weighted by atomic mass is 35.5. The average Bonchev–Trinajstić information content (AvgIpc) is 2.49. The number of anilines is 1. The van der Waals surface area contributed by atoms with Crippen LogP contribution in [0.25, 0.3) is 0 Å². The number of nitrogens with one attached hydrogen (secondary N) is 2. The Morgan fingerprint density at radius 3 is 2.23 bits per heavy atom. The van der Waals surface area contributed by atoms with Crippen LogP contribution >= 0.6 is 23.2 Å². The number of para-hydroxylation sites is 1. The van der Waals surface area contributed by atoms with Gasteiger partial charge >= 0.3 is 11.8 Å². The summed E-state index contributed by atoms with van der Waals surface area (Å²) in [4.78, 5) is 23.5. The molecule has 0 unspecified atom stereocenters. The van der Waals surface area contributed by atoms with Crippen LogP contribution in [-0.2, 0) is 16.1 Å². The quantitative estimate of drug-likeness (QED) is 0.841.